The number of alkyl halides is 3. The van der Waals surface area contributed by atoms with Crippen molar-refractivity contribution in [2.75, 3.05) is 11.9 Å². The number of nitrogens with one attached hydrogen (secondary N) is 1. The molecule has 1 aromatic carbocycles. The van der Waals surface area contributed by atoms with Crippen molar-refractivity contribution in [2.24, 2.45) is 0 Å². The lowest BCUT2D eigenvalue weighted by molar-refractivity contribution is -0.137. The third-order valence-corrected chi connectivity index (χ3v) is 4.19. The highest BCUT2D eigenvalue weighted by Gasteiger charge is 2.30. The SMILES string of the molecule is CC(CNc1nccn(C2CC2)c1=O)c1ccc(C(F)(F)F)cc1. The molecule has 3 rings (SSSR count). The average molecular weight is 337 g/mol. The Balaban J connectivity index is 1.66. The van der Waals surface area contributed by atoms with Crippen LogP contribution >= 0.6 is 0 Å². The molecule has 4 nitrogen and oxygen atoms in total. The fourth-order valence-electron chi connectivity index (χ4n) is 2.55. The third-order valence-electron chi connectivity index (χ3n) is 4.19. The Hall–Kier alpha value is -2.31. The molecule has 128 valence electrons. The molecule has 24 heavy (non-hydrogen) atoms. The maximum atomic E-state index is 12.6. The van der Waals surface area contributed by atoms with E-state index in [1.165, 1.54) is 12.1 Å². The molecule has 0 spiro atoms. The maximum Gasteiger partial charge on any atom is 0.416 e. The summed E-state index contributed by atoms with van der Waals surface area (Å²) < 4.78 is 39.4. The van der Waals surface area contributed by atoms with Gasteiger partial charge in [0, 0.05) is 25.0 Å². The van der Waals surface area contributed by atoms with Crippen LogP contribution in [-0.2, 0) is 6.18 Å². The average Bonchev–Trinajstić information content (AvgIpc) is 3.38. The van der Waals surface area contributed by atoms with Gasteiger partial charge in [-0.05, 0) is 36.5 Å². The molecule has 1 N–H and O–H groups in total. The largest absolute Gasteiger partial charge is 0.416 e. The summed E-state index contributed by atoms with van der Waals surface area (Å²) in [5.41, 5.74) is -0.0444. The summed E-state index contributed by atoms with van der Waals surface area (Å²) >= 11 is 0. The number of halogens is 3. The molecule has 0 aliphatic heterocycles. The zero-order valence-corrected chi connectivity index (χ0v) is 13.2. The van der Waals surface area contributed by atoms with E-state index < -0.39 is 11.7 Å². The van der Waals surface area contributed by atoms with Crippen molar-refractivity contribution in [1.82, 2.24) is 9.55 Å². The lowest BCUT2D eigenvalue weighted by Gasteiger charge is -2.15. The highest BCUT2D eigenvalue weighted by atomic mass is 19.4. The van der Waals surface area contributed by atoms with E-state index in [9.17, 15) is 18.0 Å². The van der Waals surface area contributed by atoms with Crippen LogP contribution in [0.25, 0.3) is 0 Å². The third kappa shape index (κ3) is 3.60. The molecule has 1 unspecified atom stereocenters. The number of nitrogens with zero attached hydrogens (tertiary/aromatic N) is 2. The molecular weight excluding hydrogens is 319 g/mol. The molecule has 1 fully saturated rings. The van der Waals surface area contributed by atoms with E-state index in [4.69, 9.17) is 0 Å². The first kappa shape index (κ1) is 16.5. The fraction of sp³-hybridized carbons (Fsp3) is 0.412. The number of rotatable bonds is 5. The van der Waals surface area contributed by atoms with Crippen LogP contribution in [0.4, 0.5) is 19.0 Å². The predicted octanol–water partition coefficient (Wildman–Crippen LogP) is 3.81. The summed E-state index contributed by atoms with van der Waals surface area (Å²) in [7, 11) is 0. The van der Waals surface area contributed by atoms with Gasteiger partial charge in [0.15, 0.2) is 5.82 Å². The number of hydrogen-bond acceptors (Lipinski definition) is 3. The van der Waals surface area contributed by atoms with E-state index in [0.717, 1.165) is 30.5 Å². The molecule has 1 aromatic heterocycles. The Morgan fingerprint density at radius 2 is 1.96 bits per heavy atom. The van der Waals surface area contributed by atoms with Gasteiger partial charge in [-0.15, -0.1) is 0 Å². The van der Waals surface area contributed by atoms with Gasteiger partial charge in [-0.3, -0.25) is 4.79 Å². The van der Waals surface area contributed by atoms with Gasteiger partial charge in [0.1, 0.15) is 0 Å². The van der Waals surface area contributed by atoms with Crippen LogP contribution in [-0.4, -0.2) is 16.1 Å². The highest BCUT2D eigenvalue weighted by molar-refractivity contribution is 5.33. The van der Waals surface area contributed by atoms with E-state index >= 15 is 0 Å². The van der Waals surface area contributed by atoms with Crippen molar-refractivity contribution in [3.8, 4) is 0 Å². The second-order valence-corrected chi connectivity index (χ2v) is 6.12. The second kappa shape index (κ2) is 6.30. The molecule has 0 amide bonds. The lowest BCUT2D eigenvalue weighted by atomic mass is 9.99. The van der Waals surface area contributed by atoms with E-state index in [1.54, 1.807) is 17.0 Å². The molecule has 1 heterocycles. The monoisotopic (exact) mass is 337 g/mol. The summed E-state index contributed by atoms with van der Waals surface area (Å²) in [6.07, 6.45) is 0.952. The minimum Gasteiger partial charge on any atom is -0.365 e. The van der Waals surface area contributed by atoms with Gasteiger partial charge in [-0.25, -0.2) is 4.98 Å². The van der Waals surface area contributed by atoms with Gasteiger partial charge in [0.2, 0.25) is 0 Å². The van der Waals surface area contributed by atoms with Crippen LogP contribution in [0.1, 0.15) is 42.9 Å². The van der Waals surface area contributed by atoms with Crippen LogP contribution < -0.4 is 10.9 Å². The van der Waals surface area contributed by atoms with Crippen LogP contribution in [0.3, 0.4) is 0 Å². The van der Waals surface area contributed by atoms with Crippen LogP contribution in [0.5, 0.6) is 0 Å². The Morgan fingerprint density at radius 3 is 2.54 bits per heavy atom. The van der Waals surface area contributed by atoms with Crippen molar-refractivity contribution < 1.29 is 13.2 Å². The highest BCUT2D eigenvalue weighted by Crippen LogP contribution is 2.33. The minimum atomic E-state index is -4.33. The minimum absolute atomic E-state index is 0.0527. The molecule has 2 aromatic rings. The zero-order chi connectivity index (χ0) is 17.3. The van der Waals surface area contributed by atoms with Crippen LogP contribution in [0.2, 0.25) is 0 Å². The smallest absolute Gasteiger partial charge is 0.365 e. The molecule has 0 radical (unpaired) electrons. The first-order valence-corrected chi connectivity index (χ1v) is 7.84. The van der Waals surface area contributed by atoms with E-state index in [1.807, 2.05) is 6.92 Å². The van der Waals surface area contributed by atoms with Crippen molar-refractivity contribution in [2.45, 2.75) is 37.9 Å². The number of benzene rings is 1. The number of anilines is 1. The molecule has 1 aliphatic carbocycles. The van der Waals surface area contributed by atoms with Gasteiger partial charge < -0.3 is 9.88 Å². The van der Waals surface area contributed by atoms with Crippen LogP contribution in [0.15, 0.2) is 41.5 Å². The number of hydrogen-bond donors (Lipinski definition) is 1. The van der Waals surface area contributed by atoms with Gasteiger partial charge in [0.05, 0.1) is 5.56 Å². The Bertz CT molecular complexity index is 764. The molecular formula is C17H18F3N3O. The summed E-state index contributed by atoms with van der Waals surface area (Å²) in [4.78, 5) is 16.3. The Kier molecular flexibility index (Phi) is 4.34. The topological polar surface area (TPSA) is 46.9 Å². The molecule has 1 saturated carbocycles. The second-order valence-electron chi connectivity index (χ2n) is 6.12. The standard InChI is InChI=1S/C17H18F3N3O/c1-11(12-2-4-13(5-3-12)17(18,19)20)10-22-15-16(24)23(9-8-21-15)14-6-7-14/h2-5,8-9,11,14H,6-7,10H2,1H3,(H,21,22). The first-order valence-electron chi connectivity index (χ1n) is 7.84. The van der Waals surface area contributed by atoms with Crippen LogP contribution in [0, 0.1) is 0 Å². The quantitative estimate of drug-likeness (QED) is 0.902. The maximum absolute atomic E-state index is 12.6. The van der Waals surface area contributed by atoms with E-state index in [0.29, 0.717) is 6.54 Å². The summed E-state index contributed by atoms with van der Waals surface area (Å²) in [6.45, 7) is 2.31. The molecule has 7 heteroatoms. The van der Waals surface area contributed by atoms with Gasteiger partial charge >= 0.3 is 6.18 Å². The summed E-state index contributed by atoms with van der Waals surface area (Å²) in [5.74, 6) is 0.228. The fourth-order valence-corrected chi connectivity index (χ4v) is 2.55. The Labute approximate surface area is 137 Å². The lowest BCUT2D eigenvalue weighted by Crippen LogP contribution is -2.25. The molecule has 1 atom stereocenters. The van der Waals surface area contributed by atoms with E-state index in [2.05, 4.69) is 10.3 Å². The number of aromatic nitrogens is 2. The van der Waals surface area contributed by atoms with Gasteiger partial charge in [0.25, 0.3) is 5.56 Å². The summed E-state index contributed by atoms with van der Waals surface area (Å²) in [5, 5.41) is 3.01. The van der Waals surface area contributed by atoms with Crippen molar-refractivity contribution in [3.63, 3.8) is 0 Å². The van der Waals surface area contributed by atoms with Crippen molar-refractivity contribution in [1.29, 1.82) is 0 Å². The molecule has 0 bridgehead atoms. The van der Waals surface area contributed by atoms with Crippen molar-refractivity contribution in [3.05, 3.63) is 58.1 Å². The predicted molar refractivity (Wildman–Crippen MR) is 85.1 cm³/mol. The van der Waals surface area contributed by atoms with Gasteiger partial charge in [-0.2, -0.15) is 13.2 Å². The summed E-state index contributed by atoms with van der Waals surface area (Å²) in [6, 6.07) is 5.36. The Morgan fingerprint density at radius 1 is 1.29 bits per heavy atom. The molecule has 0 saturated heterocycles. The normalized spacial score (nSPS) is 16.0. The first-order chi connectivity index (χ1) is 11.4. The molecule has 1 aliphatic rings. The van der Waals surface area contributed by atoms with E-state index in [-0.39, 0.29) is 23.3 Å². The zero-order valence-electron chi connectivity index (χ0n) is 13.2. The van der Waals surface area contributed by atoms with Crippen molar-refractivity contribution >= 4 is 5.82 Å². The van der Waals surface area contributed by atoms with Gasteiger partial charge in [-0.1, -0.05) is 19.1 Å².